The molecule has 2 aromatic heterocycles. The predicted octanol–water partition coefficient (Wildman–Crippen LogP) is 1.27. The summed E-state index contributed by atoms with van der Waals surface area (Å²) >= 11 is 0. The van der Waals surface area contributed by atoms with Crippen LogP contribution in [0, 0.1) is 13.8 Å². The Balaban J connectivity index is 2.31. The molecule has 3 N–H and O–H groups in total. The Morgan fingerprint density at radius 1 is 1.44 bits per heavy atom. The molecule has 2 heterocycles. The number of carbonyl (C=O) groups is 1. The summed E-state index contributed by atoms with van der Waals surface area (Å²) in [4.78, 5) is 16.1. The van der Waals surface area contributed by atoms with Gasteiger partial charge in [0, 0.05) is 13.2 Å². The molecule has 6 heteroatoms. The van der Waals surface area contributed by atoms with Gasteiger partial charge in [0.2, 0.25) is 0 Å². The van der Waals surface area contributed by atoms with E-state index in [9.17, 15) is 4.79 Å². The van der Waals surface area contributed by atoms with Gasteiger partial charge in [-0.1, -0.05) is 0 Å². The molecule has 0 spiro atoms. The van der Waals surface area contributed by atoms with Crippen LogP contribution in [0.2, 0.25) is 0 Å². The molecule has 0 fully saturated rings. The Hall–Kier alpha value is -2.37. The molecule has 2 rings (SSSR count). The number of carbonyl (C=O) groups excluding carboxylic acids is 1. The molecular formula is C12H15N5O. The molecule has 0 unspecified atom stereocenters. The number of nitrogens with one attached hydrogen (secondary N) is 1. The predicted molar refractivity (Wildman–Crippen MR) is 69.3 cm³/mol. The minimum atomic E-state index is -0.285. The second-order valence-corrected chi connectivity index (χ2v) is 4.12. The molecule has 0 aliphatic rings. The number of hydrogen-bond donors (Lipinski definition) is 2. The number of rotatable bonds is 2. The van der Waals surface area contributed by atoms with Crippen LogP contribution >= 0.6 is 0 Å². The molecule has 0 aliphatic heterocycles. The van der Waals surface area contributed by atoms with Gasteiger partial charge in [-0.3, -0.25) is 14.5 Å². The Bertz CT molecular complexity index is 603. The maximum absolute atomic E-state index is 12.1. The van der Waals surface area contributed by atoms with Gasteiger partial charge in [0.25, 0.3) is 5.91 Å². The molecule has 0 radical (unpaired) electrons. The summed E-state index contributed by atoms with van der Waals surface area (Å²) < 4.78 is 1.48. The summed E-state index contributed by atoms with van der Waals surface area (Å²) in [7, 11) is 1.69. The minimum Gasteiger partial charge on any atom is -0.395 e. The third-order valence-electron chi connectivity index (χ3n) is 2.77. The van der Waals surface area contributed by atoms with E-state index in [1.54, 1.807) is 26.4 Å². The van der Waals surface area contributed by atoms with Crippen LogP contribution in [0.5, 0.6) is 0 Å². The molecule has 0 bridgehead atoms. The van der Waals surface area contributed by atoms with Crippen molar-refractivity contribution in [2.45, 2.75) is 13.8 Å². The first-order valence-electron chi connectivity index (χ1n) is 5.51. The highest BCUT2D eigenvalue weighted by Crippen LogP contribution is 2.18. The molecular weight excluding hydrogens is 230 g/mol. The van der Waals surface area contributed by atoms with Crippen molar-refractivity contribution in [3.8, 4) is 0 Å². The third kappa shape index (κ3) is 2.04. The minimum absolute atomic E-state index is 0.285. The number of amides is 1. The lowest BCUT2D eigenvalue weighted by atomic mass is 10.2. The van der Waals surface area contributed by atoms with Gasteiger partial charge < -0.3 is 11.1 Å². The van der Waals surface area contributed by atoms with Crippen LogP contribution in [-0.2, 0) is 7.05 Å². The fourth-order valence-electron chi connectivity index (χ4n) is 1.72. The first-order valence-corrected chi connectivity index (χ1v) is 5.51. The van der Waals surface area contributed by atoms with E-state index in [1.165, 1.54) is 4.68 Å². The molecule has 0 saturated carbocycles. The van der Waals surface area contributed by atoms with Gasteiger partial charge in [-0.15, -0.1) is 0 Å². The SMILES string of the molecule is Cc1ccncc1NC(=O)c1c(N)c(C)nn1C. The summed E-state index contributed by atoms with van der Waals surface area (Å²) in [6.07, 6.45) is 3.28. The Kier molecular flexibility index (Phi) is 3.01. The standard InChI is InChI=1S/C12H15N5O/c1-7-4-5-14-6-9(7)15-12(18)11-10(13)8(2)16-17(11)3/h4-6H,13H2,1-3H3,(H,15,18). The van der Waals surface area contributed by atoms with E-state index >= 15 is 0 Å². The molecule has 0 aromatic carbocycles. The molecule has 2 aromatic rings. The van der Waals surface area contributed by atoms with Crippen molar-refractivity contribution < 1.29 is 4.79 Å². The Labute approximate surface area is 105 Å². The van der Waals surface area contributed by atoms with E-state index in [0.717, 1.165) is 5.56 Å². The van der Waals surface area contributed by atoms with Crippen LogP contribution in [-0.4, -0.2) is 20.7 Å². The fraction of sp³-hybridized carbons (Fsp3) is 0.250. The van der Waals surface area contributed by atoms with E-state index in [-0.39, 0.29) is 5.91 Å². The van der Waals surface area contributed by atoms with Crippen molar-refractivity contribution in [1.82, 2.24) is 14.8 Å². The lowest BCUT2D eigenvalue weighted by molar-refractivity contribution is 0.101. The number of pyridine rings is 1. The van der Waals surface area contributed by atoms with E-state index in [0.29, 0.717) is 22.8 Å². The van der Waals surface area contributed by atoms with E-state index in [1.807, 2.05) is 13.0 Å². The van der Waals surface area contributed by atoms with E-state index in [2.05, 4.69) is 15.4 Å². The highest BCUT2D eigenvalue weighted by molar-refractivity contribution is 6.07. The molecule has 0 atom stereocenters. The van der Waals surface area contributed by atoms with Crippen LogP contribution < -0.4 is 11.1 Å². The Morgan fingerprint density at radius 2 is 2.17 bits per heavy atom. The van der Waals surface area contributed by atoms with Crippen LogP contribution in [0.25, 0.3) is 0 Å². The summed E-state index contributed by atoms with van der Waals surface area (Å²) in [5.41, 5.74) is 8.84. The van der Waals surface area contributed by atoms with Crippen LogP contribution in [0.15, 0.2) is 18.5 Å². The van der Waals surface area contributed by atoms with Gasteiger partial charge in [-0.05, 0) is 25.5 Å². The fourth-order valence-corrected chi connectivity index (χ4v) is 1.72. The Morgan fingerprint density at radius 3 is 2.72 bits per heavy atom. The summed E-state index contributed by atoms with van der Waals surface area (Å²) in [6, 6.07) is 1.83. The quantitative estimate of drug-likeness (QED) is 0.834. The zero-order chi connectivity index (χ0) is 13.3. The van der Waals surface area contributed by atoms with E-state index in [4.69, 9.17) is 5.73 Å². The maximum atomic E-state index is 12.1. The van der Waals surface area contributed by atoms with Crippen molar-refractivity contribution in [3.05, 3.63) is 35.4 Å². The second-order valence-electron chi connectivity index (χ2n) is 4.12. The van der Waals surface area contributed by atoms with Crippen molar-refractivity contribution >= 4 is 17.3 Å². The molecule has 18 heavy (non-hydrogen) atoms. The number of nitrogens with zero attached hydrogens (tertiary/aromatic N) is 3. The molecule has 94 valence electrons. The van der Waals surface area contributed by atoms with Gasteiger partial charge in [0.05, 0.1) is 23.3 Å². The first-order chi connectivity index (χ1) is 8.50. The van der Waals surface area contributed by atoms with Gasteiger partial charge in [-0.25, -0.2) is 0 Å². The van der Waals surface area contributed by atoms with Gasteiger partial charge in [0.1, 0.15) is 5.69 Å². The number of aromatic nitrogens is 3. The number of nitrogens with two attached hydrogens (primary N) is 1. The highest BCUT2D eigenvalue weighted by atomic mass is 16.2. The average molecular weight is 245 g/mol. The number of anilines is 2. The normalized spacial score (nSPS) is 10.4. The molecule has 6 nitrogen and oxygen atoms in total. The molecule has 1 amide bonds. The zero-order valence-corrected chi connectivity index (χ0v) is 10.6. The summed E-state index contributed by atoms with van der Waals surface area (Å²) in [5.74, 6) is -0.285. The van der Waals surface area contributed by atoms with Crippen molar-refractivity contribution in [2.24, 2.45) is 7.05 Å². The van der Waals surface area contributed by atoms with Crippen LogP contribution in [0.3, 0.4) is 0 Å². The lowest BCUT2D eigenvalue weighted by Crippen LogP contribution is -2.18. The zero-order valence-electron chi connectivity index (χ0n) is 10.6. The van der Waals surface area contributed by atoms with Gasteiger partial charge in [-0.2, -0.15) is 5.10 Å². The smallest absolute Gasteiger partial charge is 0.276 e. The topological polar surface area (TPSA) is 85.8 Å². The largest absolute Gasteiger partial charge is 0.395 e. The summed E-state index contributed by atoms with van der Waals surface area (Å²) in [6.45, 7) is 3.66. The monoisotopic (exact) mass is 245 g/mol. The number of hydrogen-bond acceptors (Lipinski definition) is 4. The van der Waals surface area contributed by atoms with Gasteiger partial charge >= 0.3 is 0 Å². The van der Waals surface area contributed by atoms with Crippen molar-refractivity contribution in [1.29, 1.82) is 0 Å². The van der Waals surface area contributed by atoms with Crippen LogP contribution in [0.4, 0.5) is 11.4 Å². The van der Waals surface area contributed by atoms with Gasteiger partial charge in [0.15, 0.2) is 0 Å². The highest BCUT2D eigenvalue weighted by Gasteiger charge is 2.18. The van der Waals surface area contributed by atoms with Crippen molar-refractivity contribution in [3.63, 3.8) is 0 Å². The lowest BCUT2D eigenvalue weighted by Gasteiger charge is -2.08. The van der Waals surface area contributed by atoms with Crippen LogP contribution in [0.1, 0.15) is 21.7 Å². The second kappa shape index (κ2) is 4.48. The summed E-state index contributed by atoms with van der Waals surface area (Å²) in [5, 5.41) is 6.89. The average Bonchev–Trinajstić information content (AvgIpc) is 2.56. The molecule has 0 saturated heterocycles. The van der Waals surface area contributed by atoms with E-state index < -0.39 is 0 Å². The molecule has 0 aliphatic carbocycles. The number of aryl methyl sites for hydroxylation is 3. The first kappa shape index (κ1) is 12.1. The maximum Gasteiger partial charge on any atom is 0.276 e. The van der Waals surface area contributed by atoms with Crippen molar-refractivity contribution in [2.75, 3.05) is 11.1 Å². The third-order valence-corrected chi connectivity index (χ3v) is 2.77. The number of nitrogen functional groups attached to an aromatic ring is 1.